The minimum atomic E-state index is 0.162. The zero-order chi connectivity index (χ0) is 15.9. The maximum Gasteiger partial charge on any atom is 0.275 e. The van der Waals surface area contributed by atoms with Crippen molar-refractivity contribution in [3.63, 3.8) is 0 Å². The van der Waals surface area contributed by atoms with Gasteiger partial charge in [-0.05, 0) is 18.1 Å². The first-order valence-electron chi connectivity index (χ1n) is 8.08. The molecule has 5 heteroatoms. The quantitative estimate of drug-likeness (QED) is 0.788. The highest BCUT2D eigenvalue weighted by Gasteiger charge is 2.23. The predicted molar refractivity (Wildman–Crippen MR) is 88.6 cm³/mol. The summed E-state index contributed by atoms with van der Waals surface area (Å²) >= 11 is 0. The van der Waals surface area contributed by atoms with Crippen molar-refractivity contribution in [1.29, 1.82) is 0 Å². The number of nitrogens with zero attached hydrogens (tertiary/aromatic N) is 1. The molecular weight excluding hydrogens is 278 g/mol. The average molecular weight is 306 g/mol. The van der Waals surface area contributed by atoms with Crippen LogP contribution in [0.2, 0.25) is 0 Å². The van der Waals surface area contributed by atoms with Crippen molar-refractivity contribution in [1.82, 2.24) is 5.32 Å². The summed E-state index contributed by atoms with van der Waals surface area (Å²) in [7, 11) is 1.71. The molecule has 0 aliphatic carbocycles. The predicted octanol–water partition coefficient (Wildman–Crippen LogP) is 0.172. The van der Waals surface area contributed by atoms with Gasteiger partial charge in [0, 0.05) is 6.54 Å². The summed E-state index contributed by atoms with van der Waals surface area (Å²) in [6.45, 7) is 9.42. The van der Waals surface area contributed by atoms with Crippen LogP contribution in [0.25, 0.3) is 0 Å². The van der Waals surface area contributed by atoms with Gasteiger partial charge in [0.15, 0.2) is 6.54 Å². The number of para-hydroxylation sites is 2. The second kappa shape index (κ2) is 8.03. The average Bonchev–Trinajstić information content (AvgIpc) is 2.53. The van der Waals surface area contributed by atoms with E-state index in [0.717, 1.165) is 44.2 Å². The van der Waals surface area contributed by atoms with Gasteiger partial charge in [0.05, 0.1) is 39.0 Å². The second-order valence-corrected chi connectivity index (χ2v) is 6.28. The van der Waals surface area contributed by atoms with E-state index in [0.29, 0.717) is 12.5 Å². The van der Waals surface area contributed by atoms with E-state index in [-0.39, 0.29) is 5.91 Å². The Morgan fingerprint density at radius 1 is 1.32 bits per heavy atom. The SMILES string of the molecule is COc1ccccc1N1CC[NH+](CC(=O)NCC(C)C)CC1. The van der Waals surface area contributed by atoms with E-state index in [1.54, 1.807) is 7.11 Å². The van der Waals surface area contributed by atoms with E-state index in [4.69, 9.17) is 4.74 Å². The zero-order valence-electron chi connectivity index (χ0n) is 13.9. The maximum absolute atomic E-state index is 11.9. The molecule has 1 aliphatic heterocycles. The first kappa shape index (κ1) is 16.6. The summed E-state index contributed by atoms with van der Waals surface area (Å²) in [6.07, 6.45) is 0. The van der Waals surface area contributed by atoms with Crippen LogP contribution in [-0.2, 0) is 4.79 Å². The minimum Gasteiger partial charge on any atom is -0.495 e. The Hall–Kier alpha value is -1.75. The molecule has 2 N–H and O–H groups in total. The molecule has 0 unspecified atom stereocenters. The van der Waals surface area contributed by atoms with Crippen LogP contribution in [0.1, 0.15) is 13.8 Å². The molecule has 0 saturated carbocycles. The number of amides is 1. The van der Waals surface area contributed by atoms with Crippen LogP contribution in [0, 0.1) is 5.92 Å². The summed E-state index contributed by atoms with van der Waals surface area (Å²) < 4.78 is 5.43. The Kier molecular flexibility index (Phi) is 6.07. The number of rotatable bonds is 6. The summed E-state index contributed by atoms with van der Waals surface area (Å²) in [6, 6.07) is 8.12. The van der Waals surface area contributed by atoms with E-state index in [9.17, 15) is 4.79 Å². The summed E-state index contributed by atoms with van der Waals surface area (Å²) in [5.74, 6) is 1.58. The molecule has 1 aromatic rings. The second-order valence-electron chi connectivity index (χ2n) is 6.28. The first-order valence-corrected chi connectivity index (χ1v) is 8.08. The van der Waals surface area contributed by atoms with Crippen LogP contribution in [0.3, 0.4) is 0 Å². The van der Waals surface area contributed by atoms with Crippen molar-refractivity contribution >= 4 is 11.6 Å². The molecule has 2 rings (SSSR count). The molecular formula is C17H28N3O2+. The smallest absolute Gasteiger partial charge is 0.275 e. The third-order valence-corrected chi connectivity index (χ3v) is 4.01. The lowest BCUT2D eigenvalue weighted by molar-refractivity contribution is -0.892. The molecule has 5 nitrogen and oxygen atoms in total. The number of benzene rings is 1. The Balaban J connectivity index is 1.81. The zero-order valence-corrected chi connectivity index (χ0v) is 13.9. The maximum atomic E-state index is 11.9. The highest BCUT2D eigenvalue weighted by molar-refractivity contribution is 5.76. The van der Waals surface area contributed by atoms with Gasteiger partial charge in [-0.3, -0.25) is 4.79 Å². The lowest BCUT2D eigenvalue weighted by Gasteiger charge is -2.34. The molecule has 122 valence electrons. The molecule has 0 radical (unpaired) electrons. The molecule has 1 heterocycles. The number of quaternary nitrogens is 1. The van der Waals surface area contributed by atoms with Gasteiger partial charge in [0.25, 0.3) is 5.91 Å². The number of piperazine rings is 1. The van der Waals surface area contributed by atoms with E-state index in [1.807, 2.05) is 18.2 Å². The van der Waals surface area contributed by atoms with Gasteiger partial charge in [0.1, 0.15) is 5.75 Å². The van der Waals surface area contributed by atoms with Gasteiger partial charge in [0.2, 0.25) is 0 Å². The van der Waals surface area contributed by atoms with Crippen LogP contribution >= 0.6 is 0 Å². The van der Waals surface area contributed by atoms with Crippen molar-refractivity contribution in [3.8, 4) is 5.75 Å². The van der Waals surface area contributed by atoms with Gasteiger partial charge in [-0.2, -0.15) is 0 Å². The Morgan fingerprint density at radius 2 is 2.00 bits per heavy atom. The number of nitrogens with one attached hydrogen (secondary N) is 2. The van der Waals surface area contributed by atoms with Crippen molar-refractivity contribution in [2.24, 2.45) is 5.92 Å². The topological polar surface area (TPSA) is 46.0 Å². The molecule has 0 bridgehead atoms. The standard InChI is InChI=1S/C17H27N3O2/c1-14(2)12-18-17(21)13-19-8-10-20(11-9-19)15-6-4-5-7-16(15)22-3/h4-7,14H,8-13H2,1-3H3,(H,18,21)/p+1. The molecule has 0 aromatic heterocycles. The molecule has 1 fully saturated rings. The fourth-order valence-electron chi connectivity index (χ4n) is 2.74. The molecule has 1 amide bonds. The van der Waals surface area contributed by atoms with Crippen molar-refractivity contribution < 1.29 is 14.4 Å². The van der Waals surface area contributed by atoms with Gasteiger partial charge in [-0.15, -0.1) is 0 Å². The van der Waals surface area contributed by atoms with Crippen LogP contribution in [0.5, 0.6) is 5.75 Å². The monoisotopic (exact) mass is 306 g/mol. The van der Waals surface area contributed by atoms with Gasteiger partial charge in [-0.1, -0.05) is 26.0 Å². The van der Waals surface area contributed by atoms with Gasteiger partial charge in [-0.25, -0.2) is 0 Å². The number of methoxy groups -OCH3 is 1. The highest BCUT2D eigenvalue weighted by Crippen LogP contribution is 2.27. The Morgan fingerprint density at radius 3 is 2.64 bits per heavy atom. The van der Waals surface area contributed by atoms with Crippen molar-refractivity contribution in [2.45, 2.75) is 13.8 Å². The largest absolute Gasteiger partial charge is 0.495 e. The van der Waals surface area contributed by atoms with Crippen molar-refractivity contribution in [3.05, 3.63) is 24.3 Å². The van der Waals surface area contributed by atoms with Crippen molar-refractivity contribution in [2.75, 3.05) is 51.3 Å². The van der Waals surface area contributed by atoms with Crippen LogP contribution in [0.4, 0.5) is 5.69 Å². The van der Waals surface area contributed by atoms with Crippen LogP contribution in [-0.4, -0.2) is 52.3 Å². The Bertz CT molecular complexity index is 483. The number of ether oxygens (including phenoxy) is 1. The number of carbonyl (C=O) groups is 1. The van der Waals surface area contributed by atoms with Crippen LogP contribution in [0.15, 0.2) is 24.3 Å². The fourth-order valence-corrected chi connectivity index (χ4v) is 2.74. The molecule has 0 spiro atoms. The van der Waals surface area contributed by atoms with E-state index < -0.39 is 0 Å². The van der Waals surface area contributed by atoms with E-state index >= 15 is 0 Å². The number of hydrogen-bond acceptors (Lipinski definition) is 3. The molecule has 1 aliphatic rings. The van der Waals surface area contributed by atoms with Crippen LogP contribution < -0.4 is 19.9 Å². The summed E-state index contributed by atoms with van der Waals surface area (Å²) in [5.41, 5.74) is 1.15. The molecule has 1 saturated heterocycles. The first-order chi connectivity index (χ1) is 10.6. The van der Waals surface area contributed by atoms with Gasteiger partial charge < -0.3 is 19.9 Å². The number of anilines is 1. The molecule has 0 atom stereocenters. The highest BCUT2D eigenvalue weighted by atomic mass is 16.5. The van der Waals surface area contributed by atoms with E-state index in [1.165, 1.54) is 4.90 Å². The molecule has 1 aromatic carbocycles. The third-order valence-electron chi connectivity index (χ3n) is 4.01. The summed E-state index contributed by atoms with van der Waals surface area (Å²) in [5, 5.41) is 3.00. The number of hydrogen-bond donors (Lipinski definition) is 2. The molecule has 22 heavy (non-hydrogen) atoms. The van der Waals surface area contributed by atoms with E-state index in [2.05, 4.69) is 30.1 Å². The third kappa shape index (κ3) is 4.63. The summed E-state index contributed by atoms with van der Waals surface area (Å²) in [4.78, 5) is 15.6. The lowest BCUT2D eigenvalue weighted by Crippen LogP contribution is -3.16. The lowest BCUT2D eigenvalue weighted by atomic mass is 10.2. The minimum absolute atomic E-state index is 0.162. The van der Waals surface area contributed by atoms with Gasteiger partial charge >= 0.3 is 0 Å². The number of carbonyl (C=O) groups excluding carboxylic acids is 1. The Labute approximate surface area is 133 Å². The fraction of sp³-hybridized carbons (Fsp3) is 0.588. The normalized spacial score (nSPS) is 15.9.